The molecule has 4 aliphatic carbocycles. The second-order valence-corrected chi connectivity index (χ2v) is 29.8. The summed E-state index contributed by atoms with van der Waals surface area (Å²) in [7, 11) is 0. The van der Waals surface area contributed by atoms with Gasteiger partial charge in [-0.3, -0.25) is 0 Å². The maximum Gasteiger partial charge on any atom is 0.0612 e. The van der Waals surface area contributed by atoms with E-state index in [1.807, 2.05) is 0 Å². The van der Waals surface area contributed by atoms with Crippen molar-refractivity contribution in [3.63, 3.8) is 0 Å². The van der Waals surface area contributed by atoms with Gasteiger partial charge in [0.05, 0.1) is 6.10 Å². The molecule has 4 aromatic carbocycles. The van der Waals surface area contributed by atoms with Gasteiger partial charge in [0.2, 0.25) is 0 Å². The van der Waals surface area contributed by atoms with Gasteiger partial charge in [0.15, 0.2) is 0 Å². The standard InChI is InChI=1S/C54H70OP2S2/c1-40(2)19-18-20-41(3)49-31-32-50-48-30-29-42-39-43(33-36-53(42,4)51(48)34-37-54(49,50)5)55-38-35-52(56(58,44-21-10-6-11-22-44)45-23-12-7-13-24-45)57(59,46-25-14-8-15-26-46)47-27-16-9-17-28-47/h6-17,21-29,40-41,43,48-52H,18-20,30-39H2,1-5H3/t41-,43-,48-,49+,50-,51-,53-,54+/m1/s1. The molecular formula is C54H70OP2S2. The third-order valence-corrected chi connectivity index (χ3v) is 29.9. The fraction of sp³-hybridized carbons (Fsp3) is 0.519. The van der Waals surface area contributed by atoms with Crippen molar-refractivity contribution in [2.75, 3.05) is 6.61 Å². The summed E-state index contributed by atoms with van der Waals surface area (Å²) in [6.45, 7) is 13.5. The fourth-order valence-corrected chi connectivity index (χ4v) is 27.3. The highest BCUT2D eigenvalue weighted by atomic mass is 32.5. The summed E-state index contributed by atoms with van der Waals surface area (Å²) in [5.74, 6) is 5.17. The van der Waals surface area contributed by atoms with E-state index in [1.54, 1.807) is 5.57 Å². The molecule has 0 bridgehead atoms. The molecule has 8 rings (SSSR count). The SMILES string of the molecule is CC(C)CCC[C@@H](C)[C@@H]1CC[C@@H]2[C@H]3CC=C4C[C@H](OCCC(P(=S)(c5ccccc5)c5ccccc5)P(=S)(c5ccccc5)c5ccccc5)CC[C@@]4(C)[C@@H]3CC[C@]21C. The van der Waals surface area contributed by atoms with Crippen LogP contribution < -0.4 is 21.2 Å². The molecule has 0 unspecified atom stereocenters. The van der Waals surface area contributed by atoms with Gasteiger partial charge in [-0.15, -0.1) is 0 Å². The van der Waals surface area contributed by atoms with E-state index in [0.29, 0.717) is 17.4 Å². The first-order chi connectivity index (χ1) is 28.5. The molecule has 8 atom stereocenters. The van der Waals surface area contributed by atoms with Crippen LogP contribution in [0.3, 0.4) is 0 Å². The molecule has 0 spiro atoms. The molecular weight excluding hydrogens is 791 g/mol. The van der Waals surface area contributed by atoms with Gasteiger partial charge < -0.3 is 4.74 Å². The van der Waals surface area contributed by atoms with Gasteiger partial charge in [-0.25, -0.2) is 0 Å². The Morgan fingerprint density at radius 1 is 0.627 bits per heavy atom. The molecule has 4 aliphatic rings. The molecule has 1 nitrogen and oxygen atoms in total. The van der Waals surface area contributed by atoms with Crippen LogP contribution in [0.25, 0.3) is 0 Å². The molecule has 0 heterocycles. The minimum absolute atomic E-state index is 0.0582. The molecule has 4 aromatic rings. The van der Waals surface area contributed by atoms with Gasteiger partial charge in [-0.2, -0.15) is 0 Å². The molecule has 0 aromatic heterocycles. The van der Waals surface area contributed by atoms with E-state index < -0.39 is 12.1 Å². The average Bonchev–Trinajstić information content (AvgIpc) is 3.63. The van der Waals surface area contributed by atoms with Crippen LogP contribution in [-0.4, -0.2) is 18.1 Å². The molecule has 59 heavy (non-hydrogen) atoms. The van der Waals surface area contributed by atoms with Crippen molar-refractivity contribution in [1.82, 2.24) is 0 Å². The first-order valence-corrected chi connectivity index (χ1v) is 29.0. The van der Waals surface area contributed by atoms with E-state index in [4.69, 9.17) is 28.4 Å². The lowest BCUT2D eigenvalue weighted by Gasteiger charge is -2.58. The first kappa shape index (κ1) is 43.5. The number of hydrogen-bond acceptors (Lipinski definition) is 3. The van der Waals surface area contributed by atoms with Crippen molar-refractivity contribution >= 4 is 56.9 Å². The topological polar surface area (TPSA) is 9.23 Å². The maximum atomic E-state index is 7.22. The second-order valence-electron chi connectivity index (χ2n) is 20.0. The highest BCUT2D eigenvalue weighted by Gasteiger charge is 2.59. The molecule has 0 radical (unpaired) electrons. The summed E-state index contributed by atoms with van der Waals surface area (Å²) in [5.41, 5.74) is 2.56. The van der Waals surface area contributed by atoms with E-state index in [9.17, 15) is 0 Å². The third kappa shape index (κ3) is 8.29. The molecule has 0 saturated heterocycles. The summed E-state index contributed by atoms with van der Waals surface area (Å²) in [6, 6.07) is 39.0. The molecule has 5 heteroatoms. The summed E-state index contributed by atoms with van der Waals surface area (Å²) < 4.78 is 7.15. The van der Waals surface area contributed by atoms with Gasteiger partial charge in [-0.05, 0) is 125 Å². The Labute approximate surface area is 368 Å². The van der Waals surface area contributed by atoms with Crippen LogP contribution in [0.2, 0.25) is 0 Å². The number of benzene rings is 4. The number of fused-ring (bicyclic) bond motifs is 5. The first-order valence-electron chi connectivity index (χ1n) is 23.2. The average molecular weight is 861 g/mol. The monoisotopic (exact) mass is 860 g/mol. The molecule has 0 N–H and O–H groups in total. The summed E-state index contributed by atoms with van der Waals surface area (Å²) in [6.07, 6.45) is 18.6. The predicted molar refractivity (Wildman–Crippen MR) is 264 cm³/mol. The van der Waals surface area contributed by atoms with Crippen molar-refractivity contribution in [3.8, 4) is 0 Å². The Kier molecular flexibility index (Phi) is 13.5. The molecule has 3 saturated carbocycles. The Balaban J connectivity index is 1.04. The number of ether oxygens (including phenoxy) is 1. The van der Waals surface area contributed by atoms with Crippen molar-refractivity contribution in [1.29, 1.82) is 0 Å². The third-order valence-electron chi connectivity index (χ3n) is 16.4. The maximum absolute atomic E-state index is 7.22. The van der Waals surface area contributed by atoms with E-state index >= 15 is 0 Å². The van der Waals surface area contributed by atoms with Crippen LogP contribution in [0, 0.1) is 46.3 Å². The lowest BCUT2D eigenvalue weighted by Crippen LogP contribution is -2.51. The van der Waals surface area contributed by atoms with Crippen LogP contribution >= 0.6 is 12.1 Å². The van der Waals surface area contributed by atoms with Gasteiger partial charge in [0.1, 0.15) is 0 Å². The van der Waals surface area contributed by atoms with Crippen LogP contribution in [0.15, 0.2) is 133 Å². The fourth-order valence-electron chi connectivity index (χ4n) is 13.3. The Morgan fingerprint density at radius 2 is 1.15 bits per heavy atom. The van der Waals surface area contributed by atoms with Gasteiger partial charge >= 0.3 is 0 Å². The van der Waals surface area contributed by atoms with Crippen LogP contribution in [0.1, 0.15) is 112 Å². The zero-order valence-corrected chi connectivity index (χ0v) is 40.0. The van der Waals surface area contributed by atoms with Crippen molar-refractivity contribution in [2.45, 2.75) is 123 Å². The largest absolute Gasteiger partial charge is 0.378 e. The zero-order chi connectivity index (χ0) is 41.3. The van der Waals surface area contributed by atoms with Gasteiger partial charge in [-0.1, -0.05) is 210 Å². The molecule has 3 fully saturated rings. The molecule has 0 aliphatic heterocycles. The normalized spacial score (nSPS) is 28.7. The van der Waals surface area contributed by atoms with E-state index in [1.165, 1.54) is 79.0 Å². The minimum atomic E-state index is -2.46. The summed E-state index contributed by atoms with van der Waals surface area (Å²) >= 11 is 14.4. The smallest absolute Gasteiger partial charge is 0.0612 e. The summed E-state index contributed by atoms with van der Waals surface area (Å²) in [5, 5.41) is 5.06. The van der Waals surface area contributed by atoms with Gasteiger partial charge in [0, 0.05) is 24.1 Å². The van der Waals surface area contributed by atoms with Crippen molar-refractivity contribution in [3.05, 3.63) is 133 Å². The highest BCUT2D eigenvalue weighted by Crippen LogP contribution is 2.69. The summed E-state index contributed by atoms with van der Waals surface area (Å²) in [4.78, 5) is 0. The Bertz CT molecular complexity index is 1930. The van der Waals surface area contributed by atoms with Crippen molar-refractivity contribution in [2.24, 2.45) is 46.3 Å². The van der Waals surface area contributed by atoms with Crippen LogP contribution in [0.5, 0.6) is 0 Å². The van der Waals surface area contributed by atoms with Gasteiger partial charge in [0.25, 0.3) is 0 Å². The van der Waals surface area contributed by atoms with E-state index in [2.05, 4.69) is 162 Å². The quantitative estimate of drug-likeness (QED) is 0.0871. The lowest BCUT2D eigenvalue weighted by molar-refractivity contribution is -0.0639. The van der Waals surface area contributed by atoms with Crippen molar-refractivity contribution < 1.29 is 4.74 Å². The highest BCUT2D eigenvalue weighted by molar-refractivity contribution is 8.32. The van der Waals surface area contributed by atoms with E-state index in [0.717, 1.165) is 54.8 Å². The second kappa shape index (κ2) is 18.3. The minimum Gasteiger partial charge on any atom is -0.378 e. The van der Waals surface area contributed by atoms with E-state index in [-0.39, 0.29) is 11.5 Å². The molecule has 0 amide bonds. The number of hydrogen-bond donors (Lipinski definition) is 0. The molecule has 314 valence electrons. The Hall–Kier alpha value is -2.12. The number of rotatable bonds is 15. The zero-order valence-electron chi connectivity index (χ0n) is 36.6. The predicted octanol–water partition coefficient (Wildman–Crippen LogP) is 13.4. The lowest BCUT2D eigenvalue weighted by atomic mass is 9.47. The van der Waals surface area contributed by atoms with Crippen LogP contribution in [0.4, 0.5) is 0 Å². The van der Waals surface area contributed by atoms with Crippen LogP contribution in [-0.2, 0) is 28.4 Å². The number of allylic oxidation sites excluding steroid dienone is 1. The Morgan fingerprint density at radius 3 is 1.66 bits per heavy atom.